The van der Waals surface area contributed by atoms with Crippen LogP contribution in [0.3, 0.4) is 0 Å². The van der Waals surface area contributed by atoms with E-state index in [9.17, 15) is 14.4 Å². The molecule has 0 amide bonds. The van der Waals surface area contributed by atoms with Gasteiger partial charge in [-0.05, 0) is 128 Å². The second-order valence-corrected chi connectivity index (χ2v) is 22.0. The Morgan fingerprint density at radius 2 is 0.494 bits per heavy atom. The van der Waals surface area contributed by atoms with Gasteiger partial charge in [0.15, 0.2) is 6.10 Å². The van der Waals surface area contributed by atoms with Crippen molar-refractivity contribution in [1.29, 1.82) is 0 Å². The zero-order valence-corrected chi connectivity index (χ0v) is 51.9. The van der Waals surface area contributed by atoms with Crippen LogP contribution in [-0.2, 0) is 28.6 Å². The number of carbonyl (C=O) groups is 3. The van der Waals surface area contributed by atoms with Crippen LogP contribution in [0.4, 0.5) is 0 Å². The van der Waals surface area contributed by atoms with Gasteiger partial charge in [-0.1, -0.05) is 278 Å². The van der Waals surface area contributed by atoms with Gasteiger partial charge in [0, 0.05) is 19.3 Å². The van der Waals surface area contributed by atoms with E-state index in [4.69, 9.17) is 14.2 Å². The van der Waals surface area contributed by atoms with E-state index in [1.165, 1.54) is 148 Å². The Kier molecular flexibility index (Phi) is 63.3. The number of unbranched alkanes of at least 4 members (excludes halogenated alkanes) is 31. The quantitative estimate of drug-likeness (QED) is 0.0261. The van der Waals surface area contributed by atoms with Gasteiger partial charge in [0.1, 0.15) is 13.2 Å². The maximum atomic E-state index is 12.9. The molecule has 0 spiro atoms. The minimum absolute atomic E-state index is 0.0882. The Bertz CT molecular complexity index is 1590. The molecule has 0 aliphatic rings. The van der Waals surface area contributed by atoms with Crippen molar-refractivity contribution in [3.05, 3.63) is 109 Å². The highest BCUT2D eigenvalue weighted by atomic mass is 16.6. The molecule has 6 nitrogen and oxygen atoms in total. The van der Waals surface area contributed by atoms with Crippen LogP contribution >= 0.6 is 0 Å². The molecule has 0 radical (unpaired) electrons. The molecule has 0 saturated carbocycles. The van der Waals surface area contributed by atoms with E-state index in [1.54, 1.807) is 0 Å². The summed E-state index contributed by atoms with van der Waals surface area (Å²) in [4.78, 5) is 38.4. The topological polar surface area (TPSA) is 78.9 Å². The molecule has 0 aliphatic carbocycles. The van der Waals surface area contributed by atoms with E-state index in [-0.39, 0.29) is 31.1 Å². The Morgan fingerprint density at radius 1 is 0.266 bits per heavy atom. The standard InChI is InChI=1S/C73H124O6/c1-4-7-10-13-16-19-22-25-28-30-32-34-36-38-40-42-45-48-51-54-57-60-63-66-72(75)78-69-70(68-77-71(74)65-62-59-56-53-50-47-44-27-24-21-18-15-12-9-6-3)79-73(76)67-64-61-58-55-52-49-46-43-41-39-37-35-33-31-29-26-23-20-17-14-11-8-5-2/h7,10,16,18-19,21,23,25-28,31-34,37,39,44,70H,4-6,8-9,11-15,17,20,22,24,29-30,35-36,38,40-43,45-69H2,1-3H3/b10-7-,19-16-,21-18-,26-23-,28-25-,33-31-,34-32-,39-37-,44-27-. The summed E-state index contributed by atoms with van der Waals surface area (Å²) in [5.74, 6) is -0.904. The van der Waals surface area contributed by atoms with Crippen molar-refractivity contribution < 1.29 is 28.6 Å². The number of ether oxygens (including phenoxy) is 3. The van der Waals surface area contributed by atoms with Crippen LogP contribution in [0, 0.1) is 0 Å². The third-order valence-electron chi connectivity index (χ3n) is 14.2. The Balaban J connectivity index is 4.39. The van der Waals surface area contributed by atoms with Crippen molar-refractivity contribution in [3.63, 3.8) is 0 Å². The lowest BCUT2D eigenvalue weighted by atomic mass is 10.1. The van der Waals surface area contributed by atoms with Crippen LogP contribution in [0.1, 0.15) is 316 Å². The second kappa shape index (κ2) is 66.6. The second-order valence-electron chi connectivity index (χ2n) is 22.0. The lowest BCUT2D eigenvalue weighted by Crippen LogP contribution is -2.30. The third kappa shape index (κ3) is 64.8. The van der Waals surface area contributed by atoms with Gasteiger partial charge in [-0.2, -0.15) is 0 Å². The zero-order chi connectivity index (χ0) is 57.1. The van der Waals surface area contributed by atoms with Gasteiger partial charge in [0.2, 0.25) is 0 Å². The SMILES string of the molecule is CC/C=C\C/C=C\C/C=C\C/C=C\CCCCCCCCCCCCC(=O)OCC(COC(=O)CCCCCCC/C=C\C/C=C\CCCCC)OC(=O)CCCCCCCCCC/C=C\C/C=C\C/C=C\CCCCCCC. The summed E-state index contributed by atoms with van der Waals surface area (Å²) >= 11 is 0. The van der Waals surface area contributed by atoms with E-state index in [0.29, 0.717) is 19.3 Å². The molecule has 1 unspecified atom stereocenters. The summed E-state index contributed by atoms with van der Waals surface area (Å²) < 4.78 is 16.9. The van der Waals surface area contributed by atoms with Crippen molar-refractivity contribution >= 4 is 17.9 Å². The molecule has 0 aromatic heterocycles. The van der Waals surface area contributed by atoms with Gasteiger partial charge in [-0.3, -0.25) is 14.4 Å². The summed E-state index contributed by atoms with van der Waals surface area (Å²) in [6.07, 6.45) is 90.9. The monoisotopic (exact) mass is 1100 g/mol. The summed E-state index contributed by atoms with van der Waals surface area (Å²) in [5.41, 5.74) is 0. The molecular formula is C73H124O6. The molecule has 0 saturated heterocycles. The summed E-state index contributed by atoms with van der Waals surface area (Å²) in [6.45, 7) is 6.49. The van der Waals surface area contributed by atoms with Gasteiger partial charge in [-0.25, -0.2) is 0 Å². The highest BCUT2D eigenvalue weighted by Gasteiger charge is 2.19. The van der Waals surface area contributed by atoms with Crippen LogP contribution in [0.2, 0.25) is 0 Å². The number of hydrogen-bond donors (Lipinski definition) is 0. The molecule has 0 fully saturated rings. The van der Waals surface area contributed by atoms with Crippen molar-refractivity contribution in [2.75, 3.05) is 13.2 Å². The Morgan fingerprint density at radius 3 is 0.797 bits per heavy atom. The fourth-order valence-electron chi connectivity index (χ4n) is 9.24. The number of carbonyl (C=O) groups excluding carboxylic acids is 3. The first-order valence-electron chi connectivity index (χ1n) is 33.4. The average Bonchev–Trinajstić information content (AvgIpc) is 3.45. The van der Waals surface area contributed by atoms with E-state index < -0.39 is 6.10 Å². The minimum atomic E-state index is -0.793. The number of hydrogen-bond acceptors (Lipinski definition) is 6. The first kappa shape index (κ1) is 75.1. The first-order valence-corrected chi connectivity index (χ1v) is 33.4. The summed E-state index contributed by atoms with van der Waals surface area (Å²) in [5, 5.41) is 0. The van der Waals surface area contributed by atoms with Crippen LogP contribution < -0.4 is 0 Å². The predicted octanol–water partition coefficient (Wildman–Crippen LogP) is 23.0. The van der Waals surface area contributed by atoms with E-state index in [2.05, 4.69) is 130 Å². The minimum Gasteiger partial charge on any atom is -0.462 e. The number of rotatable bonds is 60. The van der Waals surface area contributed by atoms with Gasteiger partial charge >= 0.3 is 17.9 Å². The molecule has 0 aliphatic heterocycles. The van der Waals surface area contributed by atoms with E-state index >= 15 is 0 Å². The van der Waals surface area contributed by atoms with Gasteiger partial charge in [0.25, 0.3) is 0 Å². The van der Waals surface area contributed by atoms with Gasteiger partial charge in [-0.15, -0.1) is 0 Å². The average molecular weight is 1100 g/mol. The lowest BCUT2D eigenvalue weighted by molar-refractivity contribution is -0.167. The molecule has 0 bridgehead atoms. The fraction of sp³-hybridized carbons (Fsp3) is 0.712. The molecule has 452 valence electrons. The maximum absolute atomic E-state index is 12.9. The molecule has 0 aromatic carbocycles. The van der Waals surface area contributed by atoms with Crippen molar-refractivity contribution in [2.24, 2.45) is 0 Å². The highest BCUT2D eigenvalue weighted by molar-refractivity contribution is 5.71. The van der Waals surface area contributed by atoms with Crippen LogP contribution in [-0.4, -0.2) is 37.2 Å². The summed E-state index contributed by atoms with van der Waals surface area (Å²) in [6, 6.07) is 0. The third-order valence-corrected chi connectivity index (χ3v) is 14.2. The highest BCUT2D eigenvalue weighted by Crippen LogP contribution is 2.16. The largest absolute Gasteiger partial charge is 0.462 e. The van der Waals surface area contributed by atoms with Crippen LogP contribution in [0.15, 0.2) is 109 Å². The molecule has 79 heavy (non-hydrogen) atoms. The molecule has 0 N–H and O–H groups in total. The Hall–Kier alpha value is -3.93. The smallest absolute Gasteiger partial charge is 0.306 e. The molecule has 0 rings (SSSR count). The molecule has 0 heterocycles. The van der Waals surface area contributed by atoms with Crippen molar-refractivity contribution in [1.82, 2.24) is 0 Å². The number of esters is 3. The van der Waals surface area contributed by atoms with Crippen molar-refractivity contribution in [3.8, 4) is 0 Å². The molecule has 6 heteroatoms. The van der Waals surface area contributed by atoms with E-state index in [0.717, 1.165) is 128 Å². The van der Waals surface area contributed by atoms with Crippen LogP contribution in [0.5, 0.6) is 0 Å². The number of allylic oxidation sites excluding steroid dienone is 18. The molecule has 0 aromatic rings. The van der Waals surface area contributed by atoms with Crippen molar-refractivity contribution in [2.45, 2.75) is 322 Å². The summed E-state index contributed by atoms with van der Waals surface area (Å²) in [7, 11) is 0. The first-order chi connectivity index (χ1) is 39.0. The normalized spacial score (nSPS) is 12.8. The van der Waals surface area contributed by atoms with Crippen LogP contribution in [0.25, 0.3) is 0 Å². The Labute approximate surface area is 489 Å². The van der Waals surface area contributed by atoms with Gasteiger partial charge in [0.05, 0.1) is 0 Å². The maximum Gasteiger partial charge on any atom is 0.306 e. The fourth-order valence-corrected chi connectivity index (χ4v) is 9.24. The van der Waals surface area contributed by atoms with E-state index in [1.807, 2.05) is 0 Å². The zero-order valence-electron chi connectivity index (χ0n) is 51.9. The molecular weight excluding hydrogens is 973 g/mol. The molecule has 1 atom stereocenters. The lowest BCUT2D eigenvalue weighted by Gasteiger charge is -2.18. The van der Waals surface area contributed by atoms with Gasteiger partial charge < -0.3 is 14.2 Å². The predicted molar refractivity (Wildman–Crippen MR) is 343 cm³/mol.